The van der Waals surface area contributed by atoms with Gasteiger partial charge in [0.05, 0.1) is 11.3 Å². The number of nitrogen functional groups attached to an aromatic ring is 1. The van der Waals surface area contributed by atoms with E-state index >= 15 is 0 Å². The van der Waals surface area contributed by atoms with E-state index < -0.39 is 0 Å². The first kappa shape index (κ1) is 13.6. The first-order valence-corrected chi connectivity index (χ1v) is 7.21. The Morgan fingerprint density at radius 1 is 1.24 bits per heavy atom. The minimum Gasteiger partial charge on any atom is -0.399 e. The summed E-state index contributed by atoms with van der Waals surface area (Å²) in [5.74, 6) is 0.00606. The van der Waals surface area contributed by atoms with Gasteiger partial charge in [0.2, 0.25) is 0 Å². The third-order valence-electron chi connectivity index (χ3n) is 3.93. The van der Waals surface area contributed by atoms with Gasteiger partial charge in [0.1, 0.15) is 0 Å². The topological polar surface area (TPSA) is 59.2 Å². The van der Waals surface area contributed by atoms with Gasteiger partial charge in [-0.3, -0.25) is 9.78 Å². The number of aryl methyl sites for hydroxylation is 3. The van der Waals surface area contributed by atoms with Crippen molar-refractivity contribution < 1.29 is 4.79 Å². The lowest BCUT2D eigenvalue weighted by molar-refractivity contribution is 0.0984. The Bertz CT molecular complexity index is 709. The van der Waals surface area contributed by atoms with Gasteiger partial charge in [-0.1, -0.05) is 6.07 Å². The van der Waals surface area contributed by atoms with Crippen molar-refractivity contribution in [3.05, 3.63) is 52.8 Å². The Kier molecular flexibility index (Phi) is 3.37. The fourth-order valence-corrected chi connectivity index (χ4v) is 2.86. The number of amides is 1. The molecule has 1 aliphatic heterocycles. The summed E-state index contributed by atoms with van der Waals surface area (Å²) >= 11 is 0. The molecule has 1 amide bonds. The molecule has 1 aromatic carbocycles. The molecule has 0 aliphatic carbocycles. The molecular formula is C17H19N3O. The standard InChI is InChI=1S/C17H19N3O/c1-11-5-8-15(12(2)19-11)17(21)20-9-3-4-13-6-7-14(18)10-16(13)20/h5-8,10H,3-4,9,18H2,1-2H3. The summed E-state index contributed by atoms with van der Waals surface area (Å²) < 4.78 is 0. The van der Waals surface area contributed by atoms with E-state index in [1.165, 1.54) is 5.56 Å². The second-order valence-electron chi connectivity index (χ2n) is 5.53. The van der Waals surface area contributed by atoms with Crippen molar-refractivity contribution in [2.24, 2.45) is 0 Å². The lowest BCUT2D eigenvalue weighted by atomic mass is 10.00. The third kappa shape index (κ3) is 2.49. The molecule has 0 atom stereocenters. The van der Waals surface area contributed by atoms with E-state index in [9.17, 15) is 4.79 Å². The molecule has 4 nitrogen and oxygen atoms in total. The van der Waals surface area contributed by atoms with Crippen LogP contribution in [0, 0.1) is 13.8 Å². The number of benzene rings is 1. The number of anilines is 2. The van der Waals surface area contributed by atoms with Crippen molar-refractivity contribution in [1.82, 2.24) is 4.98 Å². The van der Waals surface area contributed by atoms with Crippen LogP contribution in [0.5, 0.6) is 0 Å². The van der Waals surface area contributed by atoms with Crippen LogP contribution in [0.4, 0.5) is 11.4 Å². The van der Waals surface area contributed by atoms with Crippen LogP contribution in [0.2, 0.25) is 0 Å². The van der Waals surface area contributed by atoms with Crippen LogP contribution in [0.3, 0.4) is 0 Å². The zero-order valence-electron chi connectivity index (χ0n) is 12.4. The van der Waals surface area contributed by atoms with E-state index in [1.54, 1.807) is 0 Å². The van der Waals surface area contributed by atoms with E-state index in [4.69, 9.17) is 5.73 Å². The second kappa shape index (κ2) is 5.20. The zero-order valence-corrected chi connectivity index (χ0v) is 12.4. The van der Waals surface area contributed by atoms with Gasteiger partial charge in [-0.15, -0.1) is 0 Å². The van der Waals surface area contributed by atoms with E-state index in [2.05, 4.69) is 4.98 Å². The molecule has 3 rings (SSSR count). The molecule has 0 radical (unpaired) electrons. The fraction of sp³-hybridized carbons (Fsp3) is 0.294. The summed E-state index contributed by atoms with van der Waals surface area (Å²) in [7, 11) is 0. The van der Waals surface area contributed by atoms with Crippen molar-refractivity contribution in [1.29, 1.82) is 0 Å². The number of hydrogen-bond acceptors (Lipinski definition) is 3. The summed E-state index contributed by atoms with van der Waals surface area (Å²) in [6.07, 6.45) is 1.96. The number of hydrogen-bond donors (Lipinski definition) is 1. The smallest absolute Gasteiger partial charge is 0.260 e. The lowest BCUT2D eigenvalue weighted by Gasteiger charge is -2.30. The maximum absolute atomic E-state index is 12.9. The van der Waals surface area contributed by atoms with Crippen LogP contribution >= 0.6 is 0 Å². The molecule has 0 bridgehead atoms. The molecular weight excluding hydrogens is 262 g/mol. The van der Waals surface area contributed by atoms with Crippen LogP contribution < -0.4 is 10.6 Å². The normalized spacial score (nSPS) is 13.9. The van der Waals surface area contributed by atoms with Gasteiger partial charge in [-0.25, -0.2) is 0 Å². The van der Waals surface area contributed by atoms with Crippen LogP contribution in [-0.4, -0.2) is 17.4 Å². The molecule has 0 saturated carbocycles. The Morgan fingerprint density at radius 3 is 2.81 bits per heavy atom. The number of pyridine rings is 1. The number of nitrogens with zero attached hydrogens (tertiary/aromatic N) is 2. The highest BCUT2D eigenvalue weighted by Gasteiger charge is 2.25. The van der Waals surface area contributed by atoms with Crippen molar-refractivity contribution >= 4 is 17.3 Å². The SMILES string of the molecule is Cc1ccc(C(=O)N2CCCc3ccc(N)cc32)c(C)n1. The van der Waals surface area contributed by atoms with Crippen LogP contribution in [0.25, 0.3) is 0 Å². The van der Waals surface area contributed by atoms with E-state index in [-0.39, 0.29) is 5.91 Å². The molecule has 21 heavy (non-hydrogen) atoms. The van der Waals surface area contributed by atoms with Crippen LogP contribution in [-0.2, 0) is 6.42 Å². The van der Waals surface area contributed by atoms with Crippen molar-refractivity contribution in [3.8, 4) is 0 Å². The first-order valence-electron chi connectivity index (χ1n) is 7.21. The van der Waals surface area contributed by atoms with Gasteiger partial charge >= 0.3 is 0 Å². The molecule has 2 N–H and O–H groups in total. The number of fused-ring (bicyclic) bond motifs is 1. The molecule has 0 saturated heterocycles. The predicted octanol–water partition coefficient (Wildman–Crippen LogP) is 2.87. The number of rotatable bonds is 1. The van der Waals surface area contributed by atoms with Gasteiger partial charge in [-0.05, 0) is 56.5 Å². The van der Waals surface area contributed by atoms with E-state index in [0.717, 1.165) is 36.5 Å². The number of carbonyl (C=O) groups is 1. The van der Waals surface area contributed by atoms with E-state index in [0.29, 0.717) is 11.3 Å². The third-order valence-corrected chi connectivity index (χ3v) is 3.93. The molecule has 0 spiro atoms. The maximum atomic E-state index is 12.9. The van der Waals surface area contributed by atoms with Crippen molar-refractivity contribution in [2.45, 2.75) is 26.7 Å². The molecule has 1 aromatic heterocycles. The number of carbonyl (C=O) groups excluding carboxylic acids is 1. The van der Waals surface area contributed by atoms with E-state index in [1.807, 2.05) is 49.1 Å². The fourth-order valence-electron chi connectivity index (χ4n) is 2.86. The van der Waals surface area contributed by atoms with Crippen molar-refractivity contribution in [3.63, 3.8) is 0 Å². The Labute approximate surface area is 124 Å². The highest BCUT2D eigenvalue weighted by Crippen LogP contribution is 2.30. The van der Waals surface area contributed by atoms with Gasteiger partial charge in [-0.2, -0.15) is 0 Å². The maximum Gasteiger partial charge on any atom is 0.260 e. The zero-order chi connectivity index (χ0) is 15.0. The van der Waals surface area contributed by atoms with Gasteiger partial charge < -0.3 is 10.6 Å². The minimum absolute atomic E-state index is 0.00606. The Balaban J connectivity index is 2.02. The summed E-state index contributed by atoms with van der Waals surface area (Å²) in [6, 6.07) is 9.55. The second-order valence-corrected chi connectivity index (χ2v) is 5.53. The molecule has 0 fully saturated rings. The number of nitrogens with two attached hydrogens (primary N) is 1. The van der Waals surface area contributed by atoms with Gasteiger partial charge in [0, 0.05) is 23.6 Å². The average molecular weight is 281 g/mol. The molecule has 2 aromatic rings. The first-order chi connectivity index (χ1) is 10.1. The Morgan fingerprint density at radius 2 is 2.05 bits per heavy atom. The summed E-state index contributed by atoms with van der Waals surface area (Å²) in [6.45, 7) is 4.53. The number of aromatic nitrogens is 1. The minimum atomic E-state index is 0.00606. The average Bonchev–Trinajstić information content (AvgIpc) is 2.46. The summed E-state index contributed by atoms with van der Waals surface area (Å²) in [5, 5.41) is 0. The van der Waals surface area contributed by atoms with Crippen LogP contribution in [0.1, 0.15) is 33.7 Å². The molecule has 4 heteroatoms. The predicted molar refractivity (Wildman–Crippen MR) is 84.6 cm³/mol. The Hall–Kier alpha value is -2.36. The lowest BCUT2D eigenvalue weighted by Crippen LogP contribution is -2.36. The molecule has 108 valence electrons. The van der Waals surface area contributed by atoms with Crippen molar-refractivity contribution in [2.75, 3.05) is 17.2 Å². The molecule has 0 unspecified atom stereocenters. The monoisotopic (exact) mass is 281 g/mol. The highest BCUT2D eigenvalue weighted by atomic mass is 16.2. The molecule has 1 aliphatic rings. The molecule has 2 heterocycles. The summed E-state index contributed by atoms with van der Waals surface area (Å²) in [4.78, 5) is 19.1. The largest absolute Gasteiger partial charge is 0.399 e. The summed E-state index contributed by atoms with van der Waals surface area (Å²) in [5.41, 5.74) is 11.0. The van der Waals surface area contributed by atoms with Gasteiger partial charge in [0.25, 0.3) is 5.91 Å². The van der Waals surface area contributed by atoms with Crippen LogP contribution in [0.15, 0.2) is 30.3 Å². The quantitative estimate of drug-likeness (QED) is 0.818. The van der Waals surface area contributed by atoms with Gasteiger partial charge in [0.15, 0.2) is 0 Å². The highest BCUT2D eigenvalue weighted by molar-refractivity contribution is 6.07.